The van der Waals surface area contributed by atoms with Gasteiger partial charge in [-0.3, -0.25) is 9.59 Å². The van der Waals surface area contributed by atoms with Crippen molar-refractivity contribution in [3.8, 4) is 0 Å². The monoisotopic (exact) mass is 461 g/mol. The molecule has 0 aromatic rings. The molecule has 29 heavy (non-hydrogen) atoms. The molecular weight excluding hydrogens is 426 g/mol. The molecule has 0 radical (unpaired) electrons. The standard InChI is InChI=1S/C19H35NO6SSi2/c1-9-10-24-18(23)19(28(3,4)5,12-13(2)26-29(6,7)8)25-15(21)11-14-16(22)20-17(14)27/h9,13-14,17,27H,1,10-12H2,2-8H3,(H,20,22)/t13?,14-,17+,19?/m0/s1. The van der Waals surface area contributed by atoms with Crippen LogP contribution in [0.4, 0.5) is 0 Å². The first-order valence-corrected chi connectivity index (χ1v) is 17.2. The summed E-state index contributed by atoms with van der Waals surface area (Å²) in [5, 5.41) is 0.748. The van der Waals surface area contributed by atoms with Crippen LogP contribution in [0.25, 0.3) is 0 Å². The molecule has 0 aromatic heterocycles. The largest absolute Gasteiger partial charge is 0.459 e. The molecule has 1 fully saturated rings. The Morgan fingerprint density at radius 1 is 1.28 bits per heavy atom. The van der Waals surface area contributed by atoms with Gasteiger partial charge in [-0.2, -0.15) is 12.6 Å². The molecule has 0 aromatic carbocycles. The number of nitrogens with one attached hydrogen (secondary N) is 1. The van der Waals surface area contributed by atoms with E-state index in [0.717, 1.165) is 0 Å². The summed E-state index contributed by atoms with van der Waals surface area (Å²) in [5.74, 6) is -2.01. The lowest BCUT2D eigenvalue weighted by molar-refractivity contribution is -0.176. The highest BCUT2D eigenvalue weighted by atomic mass is 32.1. The van der Waals surface area contributed by atoms with E-state index in [9.17, 15) is 14.4 Å². The number of amides is 1. The van der Waals surface area contributed by atoms with Gasteiger partial charge < -0.3 is 19.2 Å². The van der Waals surface area contributed by atoms with Gasteiger partial charge in [0.1, 0.15) is 14.7 Å². The number of β-lactam (4-membered cyclic amide) rings is 1. The maximum absolute atomic E-state index is 13.2. The Balaban J connectivity index is 3.17. The summed E-state index contributed by atoms with van der Waals surface area (Å²) in [5.41, 5.74) is 0. The minimum atomic E-state index is -2.46. The number of hydrogen-bond donors (Lipinski definition) is 2. The van der Waals surface area contributed by atoms with Crippen molar-refractivity contribution < 1.29 is 28.3 Å². The second-order valence-corrected chi connectivity index (χ2v) is 19.8. The third-order valence-corrected chi connectivity index (χ3v) is 9.22. The molecule has 1 saturated heterocycles. The van der Waals surface area contributed by atoms with Gasteiger partial charge in [0.25, 0.3) is 0 Å². The average Bonchev–Trinajstić information content (AvgIpc) is 2.54. The van der Waals surface area contributed by atoms with Crippen molar-refractivity contribution in [2.24, 2.45) is 5.92 Å². The van der Waals surface area contributed by atoms with E-state index in [1.807, 2.05) is 26.6 Å². The summed E-state index contributed by atoms with van der Waals surface area (Å²) in [6.07, 6.45) is 1.24. The van der Waals surface area contributed by atoms with Crippen LogP contribution in [0.15, 0.2) is 12.7 Å². The fraction of sp³-hybridized carbons (Fsp3) is 0.737. The third kappa shape index (κ3) is 6.97. The minimum absolute atomic E-state index is 0.0234. The van der Waals surface area contributed by atoms with Gasteiger partial charge in [0, 0.05) is 12.5 Å². The van der Waals surface area contributed by atoms with Gasteiger partial charge in [0.05, 0.1) is 17.7 Å². The van der Waals surface area contributed by atoms with Crippen LogP contribution in [0.2, 0.25) is 39.3 Å². The number of esters is 2. The maximum atomic E-state index is 13.2. The summed E-state index contributed by atoms with van der Waals surface area (Å²) in [4.78, 5) is 37.6. The molecule has 1 aliphatic rings. The maximum Gasteiger partial charge on any atom is 0.346 e. The number of rotatable bonds is 11. The smallest absolute Gasteiger partial charge is 0.346 e. The predicted octanol–water partition coefficient (Wildman–Crippen LogP) is 2.90. The number of carbonyl (C=O) groups excluding carboxylic acids is 3. The van der Waals surface area contributed by atoms with E-state index in [2.05, 4.69) is 44.2 Å². The van der Waals surface area contributed by atoms with Gasteiger partial charge >= 0.3 is 11.9 Å². The van der Waals surface area contributed by atoms with Crippen molar-refractivity contribution in [2.75, 3.05) is 6.61 Å². The minimum Gasteiger partial charge on any atom is -0.459 e. The normalized spacial score (nSPS) is 22.6. The first kappa shape index (κ1) is 25.9. The van der Waals surface area contributed by atoms with Gasteiger partial charge in [0.15, 0.2) is 13.5 Å². The van der Waals surface area contributed by atoms with Crippen LogP contribution in [0, 0.1) is 5.92 Å². The van der Waals surface area contributed by atoms with E-state index in [0.29, 0.717) is 0 Å². The Labute approximate surface area is 181 Å². The number of carbonyl (C=O) groups is 3. The third-order valence-electron chi connectivity index (χ3n) is 4.69. The average molecular weight is 462 g/mol. The number of ether oxygens (including phenoxy) is 2. The van der Waals surface area contributed by atoms with Crippen LogP contribution >= 0.6 is 12.6 Å². The van der Waals surface area contributed by atoms with Crippen molar-refractivity contribution in [3.63, 3.8) is 0 Å². The second-order valence-electron chi connectivity index (χ2n) is 9.45. The van der Waals surface area contributed by atoms with E-state index < -0.39 is 44.8 Å². The molecule has 10 heteroatoms. The summed E-state index contributed by atoms with van der Waals surface area (Å²) in [6.45, 7) is 17.5. The second kappa shape index (κ2) is 9.80. The molecule has 1 amide bonds. The highest BCUT2D eigenvalue weighted by Crippen LogP contribution is 2.35. The SMILES string of the molecule is C=CCOC(=O)C(CC(C)O[Si](C)(C)C)(OC(=O)C[C@H]1C(=O)N[C@@H]1S)[Si](C)(C)C. The quantitative estimate of drug-likeness (QED) is 0.162. The molecule has 0 saturated carbocycles. The summed E-state index contributed by atoms with van der Waals surface area (Å²) in [7, 11) is -4.34. The summed E-state index contributed by atoms with van der Waals surface area (Å²) in [6, 6.07) is 0. The van der Waals surface area contributed by atoms with Gasteiger partial charge in [-0.15, -0.1) is 0 Å². The molecule has 1 rings (SSSR count). The van der Waals surface area contributed by atoms with Crippen molar-refractivity contribution in [2.45, 2.75) is 75.7 Å². The zero-order valence-electron chi connectivity index (χ0n) is 18.5. The molecule has 2 unspecified atom stereocenters. The molecule has 0 aliphatic carbocycles. The molecule has 0 bridgehead atoms. The van der Waals surface area contributed by atoms with Crippen molar-refractivity contribution in [3.05, 3.63) is 12.7 Å². The van der Waals surface area contributed by atoms with Crippen LogP contribution in [-0.4, -0.2) is 57.5 Å². The van der Waals surface area contributed by atoms with Crippen LogP contribution < -0.4 is 5.32 Å². The van der Waals surface area contributed by atoms with Gasteiger partial charge in [-0.25, -0.2) is 4.79 Å². The summed E-state index contributed by atoms with van der Waals surface area (Å²) >= 11 is 4.22. The molecule has 166 valence electrons. The molecule has 1 N–H and O–H groups in total. The molecular formula is C19H35NO6SSi2. The van der Waals surface area contributed by atoms with Gasteiger partial charge in [-0.05, 0) is 26.6 Å². The van der Waals surface area contributed by atoms with E-state index in [-0.39, 0.29) is 31.5 Å². The van der Waals surface area contributed by atoms with Crippen LogP contribution in [0.5, 0.6) is 0 Å². The van der Waals surface area contributed by atoms with Crippen molar-refractivity contribution in [1.82, 2.24) is 5.32 Å². The lowest BCUT2D eigenvalue weighted by Gasteiger charge is -2.43. The Morgan fingerprint density at radius 2 is 1.86 bits per heavy atom. The number of hydrogen-bond acceptors (Lipinski definition) is 7. The highest BCUT2D eigenvalue weighted by Gasteiger charge is 2.56. The van der Waals surface area contributed by atoms with Crippen molar-refractivity contribution >= 4 is 46.9 Å². The van der Waals surface area contributed by atoms with E-state index in [1.54, 1.807) is 0 Å². The fourth-order valence-corrected chi connectivity index (χ4v) is 6.92. The van der Waals surface area contributed by atoms with Gasteiger partial charge in [0.2, 0.25) is 5.91 Å². The van der Waals surface area contributed by atoms with E-state index in [4.69, 9.17) is 13.9 Å². The van der Waals surface area contributed by atoms with Crippen LogP contribution in [-0.2, 0) is 28.3 Å². The Bertz CT molecular complexity index is 646. The lowest BCUT2D eigenvalue weighted by Crippen LogP contribution is -2.63. The Hall–Kier alpha value is -1.11. The molecule has 7 nitrogen and oxygen atoms in total. The lowest BCUT2D eigenvalue weighted by atomic mass is 9.97. The first-order chi connectivity index (χ1) is 13.1. The van der Waals surface area contributed by atoms with E-state index in [1.165, 1.54) is 6.08 Å². The summed E-state index contributed by atoms with van der Waals surface area (Å²) < 4.78 is 17.4. The zero-order valence-corrected chi connectivity index (χ0v) is 21.4. The molecule has 1 aliphatic heterocycles. The van der Waals surface area contributed by atoms with Gasteiger partial charge in [-0.1, -0.05) is 32.3 Å². The molecule has 4 atom stereocenters. The first-order valence-electron chi connectivity index (χ1n) is 9.79. The van der Waals surface area contributed by atoms with Crippen LogP contribution in [0.1, 0.15) is 19.8 Å². The fourth-order valence-electron chi connectivity index (χ4n) is 3.25. The predicted molar refractivity (Wildman–Crippen MR) is 121 cm³/mol. The zero-order chi connectivity index (χ0) is 22.6. The highest BCUT2D eigenvalue weighted by molar-refractivity contribution is 7.81. The Morgan fingerprint density at radius 3 is 2.28 bits per heavy atom. The Kier molecular flexibility index (Phi) is 8.76. The molecule has 1 heterocycles. The topological polar surface area (TPSA) is 90.9 Å². The van der Waals surface area contributed by atoms with Crippen LogP contribution in [0.3, 0.4) is 0 Å². The molecule has 0 spiro atoms. The van der Waals surface area contributed by atoms with Crippen molar-refractivity contribution in [1.29, 1.82) is 0 Å². The van der Waals surface area contributed by atoms with E-state index >= 15 is 0 Å². The number of thiol groups is 1.